The summed E-state index contributed by atoms with van der Waals surface area (Å²) in [7, 11) is -3.48. The molecular weight excluding hydrogens is 513 g/mol. The number of aromatic nitrogens is 3. The molecule has 36 heavy (non-hydrogen) atoms. The van der Waals surface area contributed by atoms with Gasteiger partial charge >= 0.3 is 0 Å². The van der Waals surface area contributed by atoms with Gasteiger partial charge in [0.1, 0.15) is 5.82 Å². The van der Waals surface area contributed by atoms with E-state index in [0.29, 0.717) is 30.8 Å². The van der Waals surface area contributed by atoms with Crippen molar-refractivity contribution in [2.75, 3.05) is 19.3 Å². The van der Waals surface area contributed by atoms with Crippen LogP contribution in [0.3, 0.4) is 0 Å². The third-order valence-corrected chi connectivity index (χ3v) is 12.1. The zero-order chi connectivity index (χ0) is 24.9. The van der Waals surface area contributed by atoms with E-state index in [9.17, 15) is 13.5 Å². The summed E-state index contributed by atoms with van der Waals surface area (Å²) in [5.41, 5.74) is 1.07. The van der Waals surface area contributed by atoms with Gasteiger partial charge in [-0.15, -0.1) is 23.1 Å². The van der Waals surface area contributed by atoms with Crippen molar-refractivity contribution in [2.45, 2.75) is 67.3 Å². The Labute approximate surface area is 220 Å². The molecule has 2 aromatic heterocycles. The third kappa shape index (κ3) is 4.60. The SMILES string of the molecule is CSc1cnc(C[C@H]2CC[C@H](Cc3nc4ccc(S(=O)(=O)N5CCC6(CCC6)C5)cc4s3)[C@@H]2O)nc1. The first-order valence-corrected chi connectivity index (χ1v) is 16.3. The minimum absolute atomic E-state index is 0.146. The molecule has 1 aliphatic heterocycles. The normalized spacial score (nSPS) is 26.1. The first-order valence-electron chi connectivity index (χ1n) is 12.8. The summed E-state index contributed by atoms with van der Waals surface area (Å²) in [6.45, 7) is 1.29. The van der Waals surface area contributed by atoms with E-state index in [0.717, 1.165) is 58.0 Å². The number of benzene rings is 1. The molecule has 0 unspecified atom stereocenters. The van der Waals surface area contributed by atoms with Gasteiger partial charge in [0.25, 0.3) is 0 Å². The van der Waals surface area contributed by atoms with Crippen LogP contribution in [-0.4, -0.2) is 58.2 Å². The van der Waals surface area contributed by atoms with E-state index in [4.69, 9.17) is 4.98 Å². The standard InChI is InChI=1S/C26H32N4O3S3/c1-34-19-14-27-23(28-15-19)11-17-3-4-18(25(17)31)12-24-29-21-6-5-20(13-22(21)35-24)36(32,33)30-10-9-26(16-30)7-2-8-26/h5-6,13-15,17-18,25,31H,2-4,7-12,16H2,1H3/t17-,18-,25-/m1/s1. The number of nitrogens with zero attached hydrogens (tertiary/aromatic N) is 4. The molecule has 6 rings (SSSR count). The Morgan fingerprint density at radius 2 is 1.89 bits per heavy atom. The van der Waals surface area contributed by atoms with Crippen LogP contribution in [0.25, 0.3) is 10.2 Å². The fraction of sp³-hybridized carbons (Fsp3) is 0.577. The molecule has 3 fully saturated rings. The van der Waals surface area contributed by atoms with E-state index < -0.39 is 16.1 Å². The van der Waals surface area contributed by atoms with Crippen molar-refractivity contribution in [1.82, 2.24) is 19.3 Å². The Bertz CT molecular complexity index is 1350. The number of thiazole rings is 1. The van der Waals surface area contributed by atoms with Gasteiger partial charge in [0.15, 0.2) is 0 Å². The van der Waals surface area contributed by atoms with E-state index in [1.54, 1.807) is 39.5 Å². The molecule has 2 saturated carbocycles. The predicted molar refractivity (Wildman–Crippen MR) is 143 cm³/mol. The maximum absolute atomic E-state index is 13.3. The maximum Gasteiger partial charge on any atom is 0.243 e. The second-order valence-electron chi connectivity index (χ2n) is 10.7. The van der Waals surface area contributed by atoms with Gasteiger partial charge in [-0.25, -0.2) is 23.4 Å². The largest absolute Gasteiger partial charge is 0.393 e. The Balaban J connectivity index is 1.13. The monoisotopic (exact) mass is 544 g/mol. The number of hydrogen-bond acceptors (Lipinski definition) is 8. The molecule has 0 radical (unpaired) electrons. The van der Waals surface area contributed by atoms with Crippen molar-refractivity contribution in [3.63, 3.8) is 0 Å². The number of hydrogen-bond donors (Lipinski definition) is 1. The summed E-state index contributed by atoms with van der Waals surface area (Å²) in [5.74, 6) is 1.08. The van der Waals surface area contributed by atoms with Crippen molar-refractivity contribution in [2.24, 2.45) is 17.3 Å². The molecule has 3 atom stereocenters. The lowest BCUT2D eigenvalue weighted by molar-refractivity contribution is 0.0901. The van der Waals surface area contributed by atoms with E-state index in [2.05, 4.69) is 9.97 Å². The molecule has 3 aromatic rings. The highest BCUT2D eigenvalue weighted by atomic mass is 32.2. The fourth-order valence-electron chi connectivity index (χ4n) is 6.15. The zero-order valence-corrected chi connectivity index (χ0v) is 22.9. The molecular formula is C26H32N4O3S3. The average Bonchev–Trinajstić information content (AvgIpc) is 3.57. The van der Waals surface area contributed by atoms with Gasteiger partial charge in [-0.1, -0.05) is 6.42 Å². The van der Waals surface area contributed by atoms with Crippen molar-refractivity contribution in [3.8, 4) is 0 Å². The number of aliphatic hydroxyl groups is 1. The van der Waals surface area contributed by atoms with Crippen LogP contribution in [0.4, 0.5) is 0 Å². The van der Waals surface area contributed by atoms with Crippen LogP contribution in [0, 0.1) is 17.3 Å². The van der Waals surface area contributed by atoms with Crippen LogP contribution in [-0.2, 0) is 22.9 Å². The highest BCUT2D eigenvalue weighted by molar-refractivity contribution is 7.98. The van der Waals surface area contributed by atoms with Gasteiger partial charge in [0.05, 0.1) is 26.2 Å². The lowest BCUT2D eigenvalue weighted by Crippen LogP contribution is -2.35. The molecule has 3 heterocycles. The summed E-state index contributed by atoms with van der Waals surface area (Å²) in [4.78, 5) is 15.1. The van der Waals surface area contributed by atoms with E-state index in [1.807, 2.05) is 24.7 Å². The van der Waals surface area contributed by atoms with Crippen molar-refractivity contribution in [3.05, 3.63) is 41.4 Å². The van der Waals surface area contributed by atoms with Gasteiger partial charge in [-0.3, -0.25) is 0 Å². The molecule has 0 bridgehead atoms. The Morgan fingerprint density at radius 1 is 1.14 bits per heavy atom. The van der Waals surface area contributed by atoms with E-state index in [1.165, 1.54) is 6.42 Å². The molecule has 10 heteroatoms. The van der Waals surface area contributed by atoms with E-state index in [-0.39, 0.29) is 17.3 Å². The molecule has 1 saturated heterocycles. The van der Waals surface area contributed by atoms with Gasteiger partial charge in [0.2, 0.25) is 10.0 Å². The zero-order valence-electron chi connectivity index (χ0n) is 20.5. The number of thioether (sulfide) groups is 1. The van der Waals surface area contributed by atoms with Crippen LogP contribution in [0.5, 0.6) is 0 Å². The number of sulfonamides is 1. The minimum atomic E-state index is -3.48. The second-order valence-corrected chi connectivity index (χ2v) is 14.6. The highest BCUT2D eigenvalue weighted by Crippen LogP contribution is 2.49. The molecule has 192 valence electrons. The van der Waals surface area contributed by atoms with Crippen LogP contribution >= 0.6 is 23.1 Å². The fourth-order valence-corrected chi connectivity index (χ4v) is 9.22. The van der Waals surface area contributed by atoms with Crippen molar-refractivity contribution >= 4 is 43.3 Å². The molecule has 1 aromatic carbocycles. The lowest BCUT2D eigenvalue weighted by atomic mass is 9.68. The first-order chi connectivity index (χ1) is 17.3. The molecule has 2 aliphatic carbocycles. The minimum Gasteiger partial charge on any atom is -0.393 e. The first kappa shape index (κ1) is 24.7. The Morgan fingerprint density at radius 3 is 2.56 bits per heavy atom. The summed E-state index contributed by atoms with van der Waals surface area (Å²) < 4.78 is 29.2. The van der Waals surface area contributed by atoms with Crippen LogP contribution in [0.15, 0.2) is 40.4 Å². The van der Waals surface area contributed by atoms with Gasteiger partial charge in [-0.05, 0) is 73.8 Å². The number of aliphatic hydroxyl groups excluding tert-OH is 1. The van der Waals surface area contributed by atoms with Gasteiger partial charge in [-0.2, -0.15) is 4.31 Å². The molecule has 1 spiro atoms. The molecule has 1 N–H and O–H groups in total. The summed E-state index contributed by atoms with van der Waals surface area (Å²) in [5, 5.41) is 12.0. The quantitative estimate of drug-likeness (QED) is 0.436. The number of fused-ring (bicyclic) bond motifs is 1. The van der Waals surface area contributed by atoms with Crippen molar-refractivity contribution in [1.29, 1.82) is 0 Å². The van der Waals surface area contributed by atoms with Crippen LogP contribution in [0.2, 0.25) is 0 Å². The molecule has 7 nitrogen and oxygen atoms in total. The topological polar surface area (TPSA) is 96.3 Å². The summed E-state index contributed by atoms with van der Waals surface area (Å²) in [6.07, 6.45) is 13.1. The number of rotatable bonds is 7. The summed E-state index contributed by atoms with van der Waals surface area (Å²) in [6, 6.07) is 5.33. The predicted octanol–water partition coefficient (Wildman–Crippen LogP) is 4.55. The second kappa shape index (κ2) is 9.62. The van der Waals surface area contributed by atoms with Crippen LogP contribution in [0.1, 0.15) is 49.4 Å². The maximum atomic E-state index is 13.3. The lowest BCUT2D eigenvalue weighted by Gasteiger charge is -2.37. The third-order valence-electron chi connectivity index (χ3n) is 8.53. The van der Waals surface area contributed by atoms with Gasteiger partial charge in [0, 0.05) is 43.2 Å². The summed E-state index contributed by atoms with van der Waals surface area (Å²) >= 11 is 3.17. The van der Waals surface area contributed by atoms with E-state index >= 15 is 0 Å². The highest BCUT2D eigenvalue weighted by Gasteiger charge is 2.46. The Hall–Kier alpha value is -1.59. The van der Waals surface area contributed by atoms with Crippen LogP contribution < -0.4 is 0 Å². The average molecular weight is 545 g/mol. The Kier molecular flexibility index (Phi) is 6.61. The molecule has 0 amide bonds. The molecule has 3 aliphatic rings. The smallest absolute Gasteiger partial charge is 0.243 e. The van der Waals surface area contributed by atoms with Crippen molar-refractivity contribution < 1.29 is 13.5 Å². The van der Waals surface area contributed by atoms with Gasteiger partial charge < -0.3 is 5.11 Å².